The van der Waals surface area contributed by atoms with E-state index in [1.807, 2.05) is 0 Å². The molecule has 1 saturated heterocycles. The maximum atomic E-state index is 12.6. The van der Waals surface area contributed by atoms with Crippen LogP contribution in [0.5, 0.6) is 0 Å². The zero-order valence-corrected chi connectivity index (χ0v) is 12.5. The number of carboxylic acids is 1. The highest BCUT2D eigenvalue weighted by molar-refractivity contribution is 7.89. The van der Waals surface area contributed by atoms with Crippen molar-refractivity contribution < 1.29 is 27.8 Å². The van der Waals surface area contributed by atoms with Crippen LogP contribution in [0.4, 0.5) is 0 Å². The fraction of sp³-hybridized carbons (Fsp3) is 0.462. The van der Waals surface area contributed by atoms with E-state index >= 15 is 0 Å². The first-order chi connectivity index (χ1) is 9.90. The van der Waals surface area contributed by atoms with E-state index in [0.29, 0.717) is 0 Å². The largest absolute Gasteiger partial charge is 0.478 e. The second-order valence-electron chi connectivity index (χ2n) is 4.70. The molecule has 0 aliphatic carbocycles. The van der Waals surface area contributed by atoms with Crippen LogP contribution in [-0.2, 0) is 19.5 Å². The minimum atomic E-state index is -3.77. The van der Waals surface area contributed by atoms with E-state index in [0.717, 1.165) is 6.07 Å². The van der Waals surface area contributed by atoms with Crippen LogP contribution in [0.25, 0.3) is 0 Å². The summed E-state index contributed by atoms with van der Waals surface area (Å²) in [5.41, 5.74) is -0.0677. The quantitative estimate of drug-likeness (QED) is 0.846. The molecule has 1 aromatic carbocycles. The fourth-order valence-electron chi connectivity index (χ4n) is 2.30. The number of benzene rings is 1. The summed E-state index contributed by atoms with van der Waals surface area (Å²) in [6, 6.07) is 5.29. The Balaban J connectivity index is 2.31. The predicted octanol–water partition coefficient (Wildman–Crippen LogP) is 0.419. The Kier molecular flexibility index (Phi) is 4.62. The van der Waals surface area contributed by atoms with Gasteiger partial charge in [-0.3, -0.25) is 0 Å². The highest BCUT2D eigenvalue weighted by Crippen LogP contribution is 2.24. The number of carbonyl (C=O) groups is 1. The van der Waals surface area contributed by atoms with Crippen molar-refractivity contribution in [2.45, 2.75) is 17.1 Å². The molecule has 7 nitrogen and oxygen atoms in total. The van der Waals surface area contributed by atoms with Gasteiger partial charge < -0.3 is 14.6 Å². The van der Waals surface area contributed by atoms with Crippen LogP contribution in [0.15, 0.2) is 29.2 Å². The highest BCUT2D eigenvalue weighted by atomic mass is 32.2. The minimum absolute atomic E-state index is 0.0472. The van der Waals surface area contributed by atoms with Crippen LogP contribution < -0.4 is 0 Å². The standard InChI is InChI=1S/C13H17NO6S/c1-19-11-7-14(8-12(11)20-2)21(17,18)10-5-3-4-9(6-10)13(15)16/h3-6,11-12H,7-8H2,1-2H3,(H,15,16). The zero-order chi connectivity index (χ0) is 15.6. The molecule has 1 aliphatic rings. The van der Waals surface area contributed by atoms with Crippen molar-refractivity contribution in [1.29, 1.82) is 0 Å². The number of nitrogens with zero attached hydrogens (tertiary/aromatic N) is 1. The third-order valence-electron chi connectivity index (χ3n) is 3.51. The first-order valence-electron chi connectivity index (χ1n) is 6.29. The number of hydrogen-bond donors (Lipinski definition) is 1. The summed E-state index contributed by atoms with van der Waals surface area (Å²) in [6.07, 6.45) is -0.681. The summed E-state index contributed by atoms with van der Waals surface area (Å²) < 4.78 is 36.8. The van der Waals surface area contributed by atoms with E-state index in [-0.39, 0.29) is 35.8 Å². The van der Waals surface area contributed by atoms with Crippen molar-refractivity contribution in [3.8, 4) is 0 Å². The molecule has 1 heterocycles. The average molecular weight is 315 g/mol. The van der Waals surface area contributed by atoms with Crippen molar-refractivity contribution in [2.75, 3.05) is 27.3 Å². The van der Waals surface area contributed by atoms with Gasteiger partial charge in [-0.05, 0) is 18.2 Å². The molecule has 0 amide bonds. The Bertz CT molecular complexity index is 617. The number of rotatable bonds is 5. The molecular formula is C13H17NO6S. The van der Waals surface area contributed by atoms with Gasteiger partial charge in [-0.15, -0.1) is 0 Å². The van der Waals surface area contributed by atoms with E-state index in [1.54, 1.807) is 0 Å². The van der Waals surface area contributed by atoms with Crippen LogP contribution in [0.2, 0.25) is 0 Å². The Morgan fingerprint density at radius 1 is 1.24 bits per heavy atom. The molecule has 0 saturated carbocycles. The van der Waals surface area contributed by atoms with E-state index in [4.69, 9.17) is 14.6 Å². The molecular weight excluding hydrogens is 298 g/mol. The first kappa shape index (κ1) is 15.9. The molecule has 1 aliphatic heterocycles. The van der Waals surface area contributed by atoms with E-state index in [9.17, 15) is 13.2 Å². The number of methoxy groups -OCH3 is 2. The summed E-state index contributed by atoms with van der Waals surface area (Å²) in [4.78, 5) is 10.9. The molecule has 21 heavy (non-hydrogen) atoms. The predicted molar refractivity (Wildman–Crippen MR) is 73.8 cm³/mol. The van der Waals surface area contributed by atoms with Crippen molar-refractivity contribution in [2.24, 2.45) is 0 Å². The maximum Gasteiger partial charge on any atom is 0.335 e. The minimum Gasteiger partial charge on any atom is -0.478 e. The van der Waals surface area contributed by atoms with Crippen LogP contribution in [-0.4, -0.2) is 63.3 Å². The lowest BCUT2D eigenvalue weighted by Gasteiger charge is -2.16. The van der Waals surface area contributed by atoms with Crippen LogP contribution in [0.1, 0.15) is 10.4 Å². The molecule has 1 fully saturated rings. The van der Waals surface area contributed by atoms with Gasteiger partial charge in [0.25, 0.3) is 0 Å². The topological polar surface area (TPSA) is 93.1 Å². The third-order valence-corrected chi connectivity index (χ3v) is 5.33. The number of hydrogen-bond acceptors (Lipinski definition) is 5. The molecule has 0 spiro atoms. The van der Waals surface area contributed by atoms with Crippen molar-refractivity contribution in [1.82, 2.24) is 4.31 Å². The fourth-order valence-corrected chi connectivity index (χ4v) is 3.81. The average Bonchev–Trinajstić information content (AvgIpc) is 2.91. The smallest absolute Gasteiger partial charge is 0.335 e. The van der Waals surface area contributed by atoms with Crippen molar-refractivity contribution >= 4 is 16.0 Å². The normalized spacial score (nSPS) is 23.3. The third kappa shape index (κ3) is 3.08. The first-order valence-corrected chi connectivity index (χ1v) is 7.73. The molecule has 0 radical (unpaired) electrons. The SMILES string of the molecule is COC1CN(S(=O)(=O)c2cccc(C(=O)O)c2)CC1OC. The molecule has 116 valence electrons. The molecule has 8 heteroatoms. The summed E-state index contributed by atoms with van der Waals surface area (Å²) in [5.74, 6) is -1.17. The Morgan fingerprint density at radius 3 is 2.29 bits per heavy atom. The monoisotopic (exact) mass is 315 g/mol. The summed E-state index contributed by atoms with van der Waals surface area (Å²) in [7, 11) is -0.775. The Labute approximate surface area is 123 Å². The van der Waals surface area contributed by atoms with Crippen LogP contribution in [0, 0.1) is 0 Å². The van der Waals surface area contributed by atoms with E-state index in [1.165, 1.54) is 36.7 Å². The number of carboxylic acid groups (broad SMARTS) is 1. The maximum absolute atomic E-state index is 12.6. The van der Waals surface area contributed by atoms with Gasteiger partial charge in [-0.1, -0.05) is 6.07 Å². The van der Waals surface area contributed by atoms with Gasteiger partial charge >= 0.3 is 5.97 Å². The number of aromatic carboxylic acids is 1. The van der Waals surface area contributed by atoms with Crippen LogP contribution in [0.3, 0.4) is 0 Å². The van der Waals surface area contributed by atoms with Gasteiger partial charge in [0.15, 0.2) is 0 Å². The lowest BCUT2D eigenvalue weighted by Crippen LogP contribution is -2.30. The van der Waals surface area contributed by atoms with Crippen molar-refractivity contribution in [3.05, 3.63) is 29.8 Å². The molecule has 2 rings (SSSR count). The number of sulfonamides is 1. The molecule has 0 bridgehead atoms. The lowest BCUT2D eigenvalue weighted by atomic mass is 10.2. The van der Waals surface area contributed by atoms with Gasteiger partial charge in [0.2, 0.25) is 10.0 Å². The van der Waals surface area contributed by atoms with Gasteiger partial charge in [0.1, 0.15) is 0 Å². The highest BCUT2D eigenvalue weighted by Gasteiger charge is 2.39. The molecule has 2 atom stereocenters. The van der Waals surface area contributed by atoms with Crippen molar-refractivity contribution in [3.63, 3.8) is 0 Å². The Hall–Kier alpha value is -1.48. The second-order valence-corrected chi connectivity index (χ2v) is 6.64. The summed E-state index contributed by atoms with van der Waals surface area (Å²) >= 11 is 0. The molecule has 1 aromatic rings. The van der Waals surface area contributed by atoms with Crippen LogP contribution >= 0.6 is 0 Å². The number of ether oxygens (including phenoxy) is 2. The Morgan fingerprint density at radius 2 is 1.81 bits per heavy atom. The van der Waals surface area contributed by atoms with Gasteiger partial charge in [0, 0.05) is 27.3 Å². The van der Waals surface area contributed by atoms with Gasteiger partial charge in [-0.2, -0.15) is 4.31 Å². The molecule has 0 aromatic heterocycles. The summed E-state index contributed by atoms with van der Waals surface area (Å²) in [6.45, 7) is 0.350. The van der Waals surface area contributed by atoms with E-state index in [2.05, 4.69) is 0 Å². The lowest BCUT2D eigenvalue weighted by molar-refractivity contribution is -0.00461. The van der Waals surface area contributed by atoms with E-state index < -0.39 is 16.0 Å². The molecule has 2 unspecified atom stereocenters. The second kappa shape index (κ2) is 6.10. The van der Waals surface area contributed by atoms with Gasteiger partial charge in [0.05, 0.1) is 22.7 Å². The molecule has 1 N–H and O–H groups in total. The summed E-state index contributed by atoms with van der Waals surface area (Å²) in [5, 5.41) is 8.95. The van der Waals surface area contributed by atoms with Gasteiger partial charge in [-0.25, -0.2) is 13.2 Å². The zero-order valence-electron chi connectivity index (χ0n) is 11.7.